The fourth-order valence-corrected chi connectivity index (χ4v) is 4.79. The number of aryl methyl sites for hydroxylation is 1. The van der Waals surface area contributed by atoms with Gasteiger partial charge in [0.2, 0.25) is 0 Å². The van der Waals surface area contributed by atoms with E-state index in [4.69, 9.17) is 4.98 Å². The summed E-state index contributed by atoms with van der Waals surface area (Å²) in [5, 5.41) is 3.80. The van der Waals surface area contributed by atoms with Crippen LogP contribution in [0.15, 0.2) is 65.4 Å². The van der Waals surface area contributed by atoms with E-state index < -0.39 is 0 Å². The second kappa shape index (κ2) is 8.56. The van der Waals surface area contributed by atoms with Crippen molar-refractivity contribution in [2.45, 2.75) is 38.6 Å². The number of aromatic nitrogens is 3. The molecule has 0 spiro atoms. The molecule has 0 radical (unpaired) electrons. The molecule has 0 atom stereocenters. The van der Waals surface area contributed by atoms with E-state index in [0.717, 1.165) is 38.5 Å². The molecule has 154 valence electrons. The summed E-state index contributed by atoms with van der Waals surface area (Å²) in [6.07, 6.45) is 8.89. The highest BCUT2D eigenvalue weighted by Gasteiger charge is 2.21. The summed E-state index contributed by atoms with van der Waals surface area (Å²) in [7, 11) is 0. The lowest BCUT2D eigenvalue weighted by atomic mass is 10.1. The molecule has 4 aromatic rings. The molecular weight excluding hydrogens is 448 g/mol. The van der Waals surface area contributed by atoms with Gasteiger partial charge in [-0.15, -0.1) is 0 Å². The lowest BCUT2D eigenvalue weighted by Crippen LogP contribution is -2.16. The molecule has 5 heteroatoms. The number of anilines is 1. The van der Waals surface area contributed by atoms with Crippen LogP contribution < -0.4 is 5.32 Å². The lowest BCUT2D eigenvalue weighted by Gasteiger charge is -2.15. The predicted molar refractivity (Wildman–Crippen MR) is 129 cm³/mol. The number of nitrogens with one attached hydrogen (secondary N) is 1. The van der Waals surface area contributed by atoms with E-state index in [1.165, 1.54) is 31.2 Å². The molecule has 1 saturated carbocycles. The number of halogens is 1. The number of rotatable bonds is 3. The summed E-state index contributed by atoms with van der Waals surface area (Å²) in [6.45, 7) is 2.11. The van der Waals surface area contributed by atoms with Crippen LogP contribution in [0.25, 0.3) is 16.9 Å². The molecule has 1 fully saturated rings. The highest BCUT2D eigenvalue weighted by atomic mass is 79.9. The standard InChI is InChI=1S/C26H23BrN4/c1-18-15-23(27)25-30-24(26(31(25)17-18)29-22-10-2-3-11-22)20-8-6-7-19(16-20)12-13-21-9-4-5-14-28-21/h4-9,14-17,22,29H,2-3,10-11H2,1H3. The van der Waals surface area contributed by atoms with Gasteiger partial charge >= 0.3 is 0 Å². The van der Waals surface area contributed by atoms with Gasteiger partial charge in [0.25, 0.3) is 0 Å². The first kappa shape index (κ1) is 19.8. The minimum Gasteiger partial charge on any atom is -0.367 e. The maximum Gasteiger partial charge on any atom is 0.153 e. The topological polar surface area (TPSA) is 42.2 Å². The van der Waals surface area contributed by atoms with Crippen molar-refractivity contribution in [3.8, 4) is 23.1 Å². The maximum atomic E-state index is 5.02. The summed E-state index contributed by atoms with van der Waals surface area (Å²) >= 11 is 3.71. The third-order valence-corrected chi connectivity index (χ3v) is 6.23. The van der Waals surface area contributed by atoms with Gasteiger partial charge in [-0.05, 0) is 77.5 Å². The maximum absolute atomic E-state index is 5.02. The quantitative estimate of drug-likeness (QED) is 0.361. The van der Waals surface area contributed by atoms with Gasteiger partial charge in [-0.1, -0.05) is 37.0 Å². The Morgan fingerprint density at radius 1 is 1.06 bits per heavy atom. The SMILES string of the molecule is Cc1cc(Br)c2nc(-c3cccc(C#Cc4ccccn4)c3)c(NC3CCCC3)n2c1. The molecule has 31 heavy (non-hydrogen) atoms. The normalized spacial score (nSPS) is 13.9. The van der Waals surface area contributed by atoms with Crippen LogP contribution in [0.1, 0.15) is 42.5 Å². The van der Waals surface area contributed by atoms with Crippen LogP contribution in [0.5, 0.6) is 0 Å². The smallest absolute Gasteiger partial charge is 0.153 e. The van der Waals surface area contributed by atoms with Gasteiger partial charge in [-0.3, -0.25) is 4.40 Å². The number of fused-ring (bicyclic) bond motifs is 1. The number of benzene rings is 1. The highest BCUT2D eigenvalue weighted by molar-refractivity contribution is 9.10. The first-order valence-electron chi connectivity index (χ1n) is 10.7. The number of nitrogens with zero attached hydrogens (tertiary/aromatic N) is 3. The molecule has 4 nitrogen and oxygen atoms in total. The van der Waals surface area contributed by atoms with Gasteiger partial charge in [0, 0.05) is 29.6 Å². The number of imidazole rings is 1. The Kier molecular flexibility index (Phi) is 5.48. The van der Waals surface area contributed by atoms with E-state index in [1.54, 1.807) is 6.20 Å². The zero-order chi connectivity index (χ0) is 21.2. The molecule has 0 unspecified atom stereocenters. The molecule has 0 saturated heterocycles. The first-order valence-corrected chi connectivity index (χ1v) is 11.4. The van der Waals surface area contributed by atoms with Crippen LogP contribution in [-0.2, 0) is 0 Å². The van der Waals surface area contributed by atoms with Gasteiger partial charge in [0.05, 0.1) is 4.47 Å². The van der Waals surface area contributed by atoms with E-state index in [9.17, 15) is 0 Å². The van der Waals surface area contributed by atoms with E-state index in [0.29, 0.717) is 6.04 Å². The lowest BCUT2D eigenvalue weighted by molar-refractivity contribution is 0.749. The van der Waals surface area contributed by atoms with Gasteiger partial charge in [0.1, 0.15) is 17.2 Å². The van der Waals surface area contributed by atoms with Gasteiger partial charge in [0.15, 0.2) is 5.65 Å². The largest absolute Gasteiger partial charge is 0.367 e. The monoisotopic (exact) mass is 470 g/mol. The average Bonchev–Trinajstić information content (AvgIpc) is 3.42. The predicted octanol–water partition coefficient (Wildman–Crippen LogP) is 6.22. The minimum atomic E-state index is 0.491. The second-order valence-corrected chi connectivity index (χ2v) is 8.89. The summed E-state index contributed by atoms with van der Waals surface area (Å²) in [4.78, 5) is 9.31. The van der Waals surface area contributed by atoms with Crippen molar-refractivity contribution in [2.24, 2.45) is 0 Å². The Hall–Kier alpha value is -3.10. The molecule has 1 aliphatic carbocycles. The Morgan fingerprint density at radius 3 is 2.74 bits per heavy atom. The zero-order valence-electron chi connectivity index (χ0n) is 17.4. The van der Waals surface area contributed by atoms with Crippen molar-refractivity contribution in [1.82, 2.24) is 14.4 Å². The first-order chi connectivity index (χ1) is 15.2. The molecular formula is C26H23BrN4. The molecule has 3 heterocycles. The molecule has 1 N–H and O–H groups in total. The molecule has 0 bridgehead atoms. The molecule has 0 amide bonds. The second-order valence-electron chi connectivity index (χ2n) is 8.04. The Labute approximate surface area is 190 Å². The fraction of sp³-hybridized carbons (Fsp3) is 0.231. The van der Waals surface area contributed by atoms with Crippen LogP contribution in [0.4, 0.5) is 5.82 Å². The van der Waals surface area contributed by atoms with Crippen molar-refractivity contribution in [3.63, 3.8) is 0 Å². The van der Waals surface area contributed by atoms with E-state index in [2.05, 4.69) is 73.8 Å². The third-order valence-electron chi connectivity index (χ3n) is 5.64. The molecule has 3 aromatic heterocycles. The number of hydrogen-bond acceptors (Lipinski definition) is 3. The van der Waals surface area contributed by atoms with Gasteiger partial charge < -0.3 is 5.32 Å². The van der Waals surface area contributed by atoms with Crippen LogP contribution in [0, 0.1) is 18.8 Å². The highest BCUT2D eigenvalue weighted by Crippen LogP contribution is 2.34. The summed E-state index contributed by atoms with van der Waals surface area (Å²) < 4.78 is 3.18. The number of hydrogen-bond donors (Lipinski definition) is 1. The van der Waals surface area contributed by atoms with Gasteiger partial charge in [-0.25, -0.2) is 9.97 Å². The van der Waals surface area contributed by atoms with Crippen molar-refractivity contribution in [3.05, 3.63) is 82.2 Å². The summed E-state index contributed by atoms with van der Waals surface area (Å²) in [6, 6.07) is 16.7. The average molecular weight is 471 g/mol. The van der Waals surface area contributed by atoms with E-state index in [1.807, 2.05) is 30.3 Å². The Balaban J connectivity index is 1.59. The Bertz CT molecular complexity index is 1290. The van der Waals surface area contributed by atoms with Crippen LogP contribution in [0.3, 0.4) is 0 Å². The van der Waals surface area contributed by atoms with Gasteiger partial charge in [-0.2, -0.15) is 0 Å². The van der Waals surface area contributed by atoms with Crippen LogP contribution in [0.2, 0.25) is 0 Å². The molecule has 0 aliphatic heterocycles. The van der Waals surface area contributed by atoms with Crippen molar-refractivity contribution < 1.29 is 0 Å². The summed E-state index contributed by atoms with van der Waals surface area (Å²) in [5.74, 6) is 7.44. The van der Waals surface area contributed by atoms with Crippen molar-refractivity contribution >= 4 is 27.4 Å². The minimum absolute atomic E-state index is 0.491. The zero-order valence-corrected chi connectivity index (χ0v) is 19.0. The van der Waals surface area contributed by atoms with E-state index >= 15 is 0 Å². The fourth-order valence-electron chi connectivity index (χ4n) is 4.15. The van der Waals surface area contributed by atoms with E-state index in [-0.39, 0.29) is 0 Å². The molecule has 1 aliphatic rings. The van der Waals surface area contributed by atoms with Crippen LogP contribution in [-0.4, -0.2) is 20.4 Å². The van der Waals surface area contributed by atoms with Crippen molar-refractivity contribution in [2.75, 3.05) is 5.32 Å². The van der Waals surface area contributed by atoms with Crippen LogP contribution >= 0.6 is 15.9 Å². The summed E-state index contributed by atoms with van der Waals surface area (Å²) in [5.41, 5.74) is 5.84. The molecule has 1 aromatic carbocycles. The Morgan fingerprint density at radius 2 is 1.94 bits per heavy atom. The third kappa shape index (κ3) is 4.22. The van der Waals surface area contributed by atoms with Crippen molar-refractivity contribution in [1.29, 1.82) is 0 Å². The number of pyridine rings is 2. The molecule has 5 rings (SSSR count).